The van der Waals surface area contributed by atoms with E-state index < -0.39 is 0 Å². The first-order valence-electron chi connectivity index (χ1n) is 12.2. The van der Waals surface area contributed by atoms with Crippen LogP contribution in [0.5, 0.6) is 5.75 Å². The number of carbonyl (C=O) groups is 1. The van der Waals surface area contributed by atoms with Crippen molar-refractivity contribution in [2.24, 2.45) is 0 Å². The standard InChI is InChI=1S/C26H37N5O3/c1-20-27-23(18-24(28-20)29(3)4)26(2)10-7-11-31(19-26)25(32)21-8-5-6-9-22(21)34-17-14-30-12-15-33-16-13-30/h5-6,8-9,18H,7,10-17,19H2,1-4H3/t26-/m1/s1. The van der Waals surface area contributed by atoms with Crippen molar-refractivity contribution in [3.63, 3.8) is 0 Å². The first-order valence-corrected chi connectivity index (χ1v) is 12.2. The smallest absolute Gasteiger partial charge is 0.257 e. The molecule has 2 aliphatic heterocycles. The first kappa shape index (κ1) is 24.4. The summed E-state index contributed by atoms with van der Waals surface area (Å²) >= 11 is 0. The zero-order chi connectivity index (χ0) is 24.1. The number of amides is 1. The number of nitrogens with zero attached hydrogens (tertiary/aromatic N) is 5. The van der Waals surface area contributed by atoms with E-state index >= 15 is 0 Å². The number of aromatic nitrogens is 2. The summed E-state index contributed by atoms with van der Waals surface area (Å²) in [6.45, 7) is 10.3. The molecular formula is C26H37N5O3. The topological polar surface area (TPSA) is 71.0 Å². The minimum absolute atomic E-state index is 0.0199. The average molecular weight is 468 g/mol. The van der Waals surface area contributed by atoms with Gasteiger partial charge in [-0.05, 0) is 31.9 Å². The maximum atomic E-state index is 13.6. The minimum atomic E-state index is -0.224. The monoisotopic (exact) mass is 467 g/mol. The number of aryl methyl sites for hydroxylation is 1. The molecular weight excluding hydrogens is 430 g/mol. The van der Waals surface area contributed by atoms with Gasteiger partial charge in [-0.25, -0.2) is 9.97 Å². The van der Waals surface area contributed by atoms with Gasteiger partial charge in [0.2, 0.25) is 0 Å². The number of piperidine rings is 1. The molecule has 0 bridgehead atoms. The second-order valence-electron chi connectivity index (χ2n) is 9.74. The first-order chi connectivity index (χ1) is 16.4. The molecule has 2 aromatic rings. The Bertz CT molecular complexity index is 992. The van der Waals surface area contributed by atoms with Gasteiger partial charge in [-0.1, -0.05) is 19.1 Å². The van der Waals surface area contributed by atoms with Crippen LogP contribution in [0.25, 0.3) is 0 Å². The molecule has 8 heteroatoms. The molecule has 184 valence electrons. The van der Waals surface area contributed by atoms with Crippen molar-refractivity contribution in [2.75, 3.05) is 71.5 Å². The number of likely N-dealkylation sites (tertiary alicyclic amines) is 1. The van der Waals surface area contributed by atoms with E-state index in [4.69, 9.17) is 14.5 Å². The minimum Gasteiger partial charge on any atom is -0.491 e. The van der Waals surface area contributed by atoms with E-state index in [1.54, 1.807) is 0 Å². The summed E-state index contributed by atoms with van der Waals surface area (Å²) in [5.74, 6) is 2.32. The molecule has 0 spiro atoms. The van der Waals surface area contributed by atoms with Gasteiger partial charge in [0.15, 0.2) is 0 Å². The number of morpholine rings is 1. The number of hydrogen-bond acceptors (Lipinski definition) is 7. The average Bonchev–Trinajstić information content (AvgIpc) is 2.84. The molecule has 0 N–H and O–H groups in total. The Balaban J connectivity index is 1.47. The summed E-state index contributed by atoms with van der Waals surface area (Å²) in [5.41, 5.74) is 1.40. The van der Waals surface area contributed by atoms with Crippen molar-refractivity contribution in [1.29, 1.82) is 0 Å². The second kappa shape index (κ2) is 10.7. The summed E-state index contributed by atoms with van der Waals surface area (Å²) in [7, 11) is 3.97. The van der Waals surface area contributed by atoms with Crippen molar-refractivity contribution in [2.45, 2.75) is 32.1 Å². The molecule has 1 aromatic carbocycles. The van der Waals surface area contributed by atoms with E-state index in [1.807, 2.05) is 55.1 Å². The molecule has 34 heavy (non-hydrogen) atoms. The third-order valence-corrected chi connectivity index (χ3v) is 6.77. The maximum Gasteiger partial charge on any atom is 0.257 e. The van der Waals surface area contributed by atoms with Crippen molar-refractivity contribution in [3.8, 4) is 5.75 Å². The van der Waals surface area contributed by atoms with Crippen molar-refractivity contribution < 1.29 is 14.3 Å². The van der Waals surface area contributed by atoms with Gasteiger partial charge in [0.1, 0.15) is 24.0 Å². The highest BCUT2D eigenvalue weighted by Crippen LogP contribution is 2.35. The normalized spacial score (nSPS) is 21.4. The van der Waals surface area contributed by atoms with Crippen LogP contribution in [0, 0.1) is 6.92 Å². The Morgan fingerprint density at radius 3 is 2.71 bits per heavy atom. The summed E-state index contributed by atoms with van der Waals surface area (Å²) in [5, 5.41) is 0. The molecule has 2 aliphatic rings. The number of ether oxygens (including phenoxy) is 2. The van der Waals surface area contributed by atoms with Crippen LogP contribution in [0.2, 0.25) is 0 Å². The van der Waals surface area contributed by atoms with Crippen molar-refractivity contribution in [3.05, 3.63) is 47.4 Å². The Hall–Kier alpha value is -2.71. The SMILES string of the molecule is Cc1nc(N(C)C)cc([C@]2(C)CCCN(C(=O)c3ccccc3OCCN3CCOCC3)C2)n1. The molecule has 0 radical (unpaired) electrons. The van der Waals surface area contributed by atoms with Crippen LogP contribution in [0.15, 0.2) is 30.3 Å². The molecule has 8 nitrogen and oxygen atoms in total. The van der Waals surface area contributed by atoms with Gasteiger partial charge in [-0.2, -0.15) is 0 Å². The summed E-state index contributed by atoms with van der Waals surface area (Å²) in [4.78, 5) is 29.2. The third-order valence-electron chi connectivity index (χ3n) is 6.77. The Morgan fingerprint density at radius 2 is 1.94 bits per heavy atom. The van der Waals surface area contributed by atoms with Gasteiger partial charge in [0, 0.05) is 58.3 Å². The number of carbonyl (C=O) groups excluding carboxylic acids is 1. The molecule has 4 rings (SSSR count). The second-order valence-corrected chi connectivity index (χ2v) is 9.74. The van der Waals surface area contributed by atoms with Crippen LogP contribution in [0.1, 0.15) is 41.6 Å². The van der Waals surface area contributed by atoms with E-state index in [2.05, 4.69) is 22.9 Å². The van der Waals surface area contributed by atoms with Crippen molar-refractivity contribution in [1.82, 2.24) is 19.8 Å². The molecule has 2 saturated heterocycles. The zero-order valence-corrected chi connectivity index (χ0v) is 20.9. The lowest BCUT2D eigenvalue weighted by atomic mass is 9.78. The van der Waals surface area contributed by atoms with Crippen LogP contribution in [0.4, 0.5) is 5.82 Å². The van der Waals surface area contributed by atoms with Gasteiger partial charge < -0.3 is 19.3 Å². The van der Waals surface area contributed by atoms with Gasteiger partial charge in [0.05, 0.1) is 24.5 Å². The van der Waals surface area contributed by atoms with Crippen LogP contribution < -0.4 is 9.64 Å². The van der Waals surface area contributed by atoms with E-state index in [0.717, 1.165) is 69.6 Å². The molecule has 1 atom stereocenters. The molecule has 0 saturated carbocycles. The lowest BCUT2D eigenvalue weighted by Gasteiger charge is -2.40. The fourth-order valence-electron chi connectivity index (χ4n) is 4.76. The van der Waals surface area contributed by atoms with Gasteiger partial charge in [-0.15, -0.1) is 0 Å². The van der Waals surface area contributed by atoms with Crippen LogP contribution in [0.3, 0.4) is 0 Å². The summed E-state index contributed by atoms with van der Waals surface area (Å²) in [6.07, 6.45) is 1.92. The number of benzene rings is 1. The number of rotatable bonds is 7. The van der Waals surface area contributed by atoms with Crippen LogP contribution >= 0.6 is 0 Å². The largest absolute Gasteiger partial charge is 0.491 e. The molecule has 1 aromatic heterocycles. The highest BCUT2D eigenvalue weighted by atomic mass is 16.5. The van der Waals surface area contributed by atoms with E-state index in [-0.39, 0.29) is 11.3 Å². The Kier molecular flexibility index (Phi) is 7.68. The quantitative estimate of drug-likeness (QED) is 0.620. The fourth-order valence-corrected chi connectivity index (χ4v) is 4.76. The molecule has 0 aliphatic carbocycles. The number of hydrogen-bond donors (Lipinski definition) is 0. The van der Waals surface area contributed by atoms with Crippen LogP contribution in [-0.4, -0.2) is 92.3 Å². The van der Waals surface area contributed by atoms with E-state index in [1.165, 1.54) is 0 Å². The fraction of sp³-hybridized carbons (Fsp3) is 0.577. The molecule has 1 amide bonds. The summed E-state index contributed by atoms with van der Waals surface area (Å²) < 4.78 is 11.5. The zero-order valence-electron chi connectivity index (χ0n) is 20.9. The van der Waals surface area contributed by atoms with Crippen molar-refractivity contribution >= 4 is 11.7 Å². The lowest BCUT2D eigenvalue weighted by Crippen LogP contribution is -2.47. The van der Waals surface area contributed by atoms with Gasteiger partial charge in [0.25, 0.3) is 5.91 Å². The predicted molar refractivity (Wildman–Crippen MR) is 133 cm³/mol. The number of anilines is 1. The van der Waals surface area contributed by atoms with E-state index in [0.29, 0.717) is 24.5 Å². The molecule has 0 unspecified atom stereocenters. The number of para-hydroxylation sites is 1. The predicted octanol–water partition coefficient (Wildman–Crippen LogP) is 2.76. The Labute approximate surface area is 202 Å². The highest BCUT2D eigenvalue weighted by Gasteiger charge is 2.37. The van der Waals surface area contributed by atoms with Gasteiger partial charge >= 0.3 is 0 Å². The lowest BCUT2D eigenvalue weighted by molar-refractivity contribution is 0.0321. The molecule has 2 fully saturated rings. The van der Waals surface area contributed by atoms with Gasteiger partial charge in [-0.3, -0.25) is 9.69 Å². The Morgan fingerprint density at radius 1 is 1.18 bits per heavy atom. The van der Waals surface area contributed by atoms with E-state index in [9.17, 15) is 4.79 Å². The van der Waals surface area contributed by atoms with Crippen LogP contribution in [-0.2, 0) is 10.2 Å². The third kappa shape index (κ3) is 5.67. The molecule has 3 heterocycles. The summed E-state index contributed by atoms with van der Waals surface area (Å²) in [6, 6.07) is 9.66. The highest BCUT2D eigenvalue weighted by molar-refractivity contribution is 5.97. The maximum absolute atomic E-state index is 13.6.